The van der Waals surface area contributed by atoms with Gasteiger partial charge in [-0.1, -0.05) is 6.92 Å². The molecule has 1 rings (SSSR count). The maximum absolute atomic E-state index is 11.2. The Bertz CT molecular complexity index is 441. The molecule has 17 heavy (non-hydrogen) atoms. The van der Waals surface area contributed by atoms with Crippen LogP contribution in [0.5, 0.6) is 0 Å². The maximum Gasteiger partial charge on any atom is 0.288 e. The Kier molecular flexibility index (Phi) is 5.49. The number of aromatic nitrogens is 1. The van der Waals surface area contributed by atoms with Crippen LogP contribution in [0.15, 0.2) is 16.7 Å². The molecule has 1 aromatic heterocycles. The van der Waals surface area contributed by atoms with Crippen molar-refractivity contribution >= 4 is 38.2 Å². The van der Waals surface area contributed by atoms with E-state index < -0.39 is 15.7 Å². The van der Waals surface area contributed by atoms with Gasteiger partial charge in [0, 0.05) is 34.9 Å². The third kappa shape index (κ3) is 4.39. The summed E-state index contributed by atoms with van der Waals surface area (Å²) in [4.78, 5) is 13.9. The molecule has 0 saturated heterocycles. The first-order valence-corrected chi connectivity index (χ1v) is 7.21. The molecule has 0 aliphatic carbocycles. The fraction of sp³-hybridized carbons (Fsp3) is 0.444. The van der Waals surface area contributed by atoms with Crippen LogP contribution in [0.1, 0.15) is 6.92 Å². The highest BCUT2D eigenvalue weighted by molar-refractivity contribution is 9.10. The molecule has 0 spiro atoms. The Balaban J connectivity index is 2.60. The summed E-state index contributed by atoms with van der Waals surface area (Å²) in [6.07, 6.45) is 1.18. The van der Waals surface area contributed by atoms with Gasteiger partial charge < -0.3 is 5.32 Å². The van der Waals surface area contributed by atoms with E-state index in [1.54, 1.807) is 0 Å². The van der Waals surface area contributed by atoms with Crippen LogP contribution in [0.4, 0.5) is 11.5 Å². The van der Waals surface area contributed by atoms with E-state index in [2.05, 4.69) is 26.2 Å². The van der Waals surface area contributed by atoms with Crippen molar-refractivity contribution in [2.75, 3.05) is 23.4 Å². The van der Waals surface area contributed by atoms with E-state index in [0.29, 0.717) is 28.3 Å². The first kappa shape index (κ1) is 14.0. The Morgan fingerprint density at radius 3 is 2.88 bits per heavy atom. The van der Waals surface area contributed by atoms with Gasteiger partial charge in [0.2, 0.25) is 0 Å². The monoisotopic (exact) mass is 321 g/mol. The zero-order valence-electron chi connectivity index (χ0n) is 9.18. The molecule has 0 saturated carbocycles. The minimum atomic E-state index is -0.833. The molecule has 8 heteroatoms. The zero-order valence-corrected chi connectivity index (χ0v) is 11.6. The van der Waals surface area contributed by atoms with Gasteiger partial charge in [-0.05, 0) is 15.9 Å². The van der Waals surface area contributed by atoms with Crippen LogP contribution in [0.3, 0.4) is 0 Å². The standard InChI is InChI=1S/C9H12BrN3O3S/c1-2-17(16)4-3-11-9-8(10)5-7(6-12-9)13(14)15/h5-6H,2-4H2,1H3,(H,11,12). The van der Waals surface area contributed by atoms with Crippen LogP contribution in [0.2, 0.25) is 0 Å². The smallest absolute Gasteiger partial charge is 0.288 e. The van der Waals surface area contributed by atoms with Gasteiger partial charge in [-0.2, -0.15) is 0 Å². The van der Waals surface area contributed by atoms with Gasteiger partial charge in [0.1, 0.15) is 12.0 Å². The summed E-state index contributed by atoms with van der Waals surface area (Å²) in [6, 6.07) is 1.38. The number of halogens is 1. The summed E-state index contributed by atoms with van der Waals surface area (Å²) >= 11 is 3.19. The number of hydrogen-bond acceptors (Lipinski definition) is 5. The van der Waals surface area contributed by atoms with Gasteiger partial charge in [0.05, 0.1) is 9.40 Å². The molecule has 6 nitrogen and oxygen atoms in total. The number of nitrogens with zero attached hydrogens (tertiary/aromatic N) is 2. The van der Waals surface area contributed by atoms with E-state index in [0.717, 1.165) is 0 Å². The van der Waals surface area contributed by atoms with Crippen LogP contribution >= 0.6 is 15.9 Å². The van der Waals surface area contributed by atoms with Gasteiger partial charge in [0.25, 0.3) is 5.69 Å². The average molecular weight is 322 g/mol. The van der Waals surface area contributed by atoms with Gasteiger partial charge in [-0.15, -0.1) is 0 Å². The molecule has 0 aliphatic rings. The van der Waals surface area contributed by atoms with Gasteiger partial charge in [-0.3, -0.25) is 14.3 Å². The van der Waals surface area contributed by atoms with Crippen LogP contribution in [-0.2, 0) is 10.8 Å². The fourth-order valence-corrected chi connectivity index (χ4v) is 2.18. The highest BCUT2D eigenvalue weighted by atomic mass is 79.9. The Hall–Kier alpha value is -1.02. The molecule has 0 aliphatic heterocycles. The van der Waals surface area contributed by atoms with E-state index in [4.69, 9.17) is 0 Å². The van der Waals surface area contributed by atoms with E-state index in [1.807, 2.05) is 6.92 Å². The van der Waals surface area contributed by atoms with Crippen molar-refractivity contribution in [3.8, 4) is 0 Å². The molecule has 1 N–H and O–H groups in total. The van der Waals surface area contributed by atoms with E-state index in [1.165, 1.54) is 12.3 Å². The second kappa shape index (κ2) is 6.65. The summed E-state index contributed by atoms with van der Waals surface area (Å²) in [6.45, 7) is 2.38. The SMILES string of the molecule is CCS(=O)CCNc1ncc([N+](=O)[O-])cc1Br. The van der Waals surface area contributed by atoms with Crippen molar-refractivity contribution in [3.63, 3.8) is 0 Å². The molecular formula is C9H12BrN3O3S. The van der Waals surface area contributed by atoms with E-state index in [-0.39, 0.29) is 5.69 Å². The predicted octanol–water partition coefficient (Wildman–Crippen LogP) is 1.93. The molecule has 1 atom stereocenters. The lowest BCUT2D eigenvalue weighted by Crippen LogP contribution is -2.13. The van der Waals surface area contributed by atoms with Crippen molar-refractivity contribution in [3.05, 3.63) is 26.9 Å². The second-order valence-electron chi connectivity index (χ2n) is 3.14. The second-order valence-corrected chi connectivity index (χ2v) is 5.86. The fourth-order valence-electron chi connectivity index (χ4n) is 1.09. The molecule has 0 bridgehead atoms. The van der Waals surface area contributed by atoms with Crippen molar-refractivity contribution in [2.45, 2.75) is 6.92 Å². The van der Waals surface area contributed by atoms with Gasteiger partial charge >= 0.3 is 0 Å². The molecular weight excluding hydrogens is 310 g/mol. The van der Waals surface area contributed by atoms with Gasteiger partial charge in [0.15, 0.2) is 0 Å². The van der Waals surface area contributed by atoms with E-state index in [9.17, 15) is 14.3 Å². The predicted molar refractivity (Wildman–Crippen MR) is 70.6 cm³/mol. The highest BCUT2D eigenvalue weighted by Gasteiger charge is 2.10. The number of rotatable bonds is 6. The Morgan fingerprint density at radius 1 is 1.65 bits per heavy atom. The first-order chi connectivity index (χ1) is 8.04. The lowest BCUT2D eigenvalue weighted by molar-refractivity contribution is -0.385. The molecule has 94 valence electrons. The minimum absolute atomic E-state index is 0.0699. The molecule has 0 amide bonds. The summed E-state index contributed by atoms with van der Waals surface area (Å²) in [5, 5.41) is 13.5. The van der Waals surface area contributed by atoms with Crippen molar-refractivity contribution in [1.29, 1.82) is 0 Å². The maximum atomic E-state index is 11.2. The minimum Gasteiger partial charge on any atom is -0.368 e. The summed E-state index contributed by atoms with van der Waals surface area (Å²) < 4.78 is 11.7. The number of nitrogens with one attached hydrogen (secondary N) is 1. The Labute approximate surface area is 110 Å². The van der Waals surface area contributed by atoms with Crippen molar-refractivity contribution < 1.29 is 9.13 Å². The number of nitro groups is 1. The van der Waals surface area contributed by atoms with Crippen LogP contribution < -0.4 is 5.32 Å². The van der Waals surface area contributed by atoms with Crippen molar-refractivity contribution in [2.24, 2.45) is 0 Å². The number of hydrogen-bond donors (Lipinski definition) is 1. The zero-order chi connectivity index (χ0) is 12.8. The quantitative estimate of drug-likeness (QED) is 0.639. The summed E-state index contributed by atoms with van der Waals surface area (Å²) in [5.74, 6) is 1.67. The third-order valence-corrected chi connectivity index (χ3v) is 3.89. The van der Waals surface area contributed by atoms with E-state index >= 15 is 0 Å². The number of pyridine rings is 1. The lowest BCUT2D eigenvalue weighted by Gasteiger charge is -2.06. The number of anilines is 1. The van der Waals surface area contributed by atoms with Gasteiger partial charge in [-0.25, -0.2) is 4.98 Å². The molecule has 1 aromatic rings. The van der Waals surface area contributed by atoms with Crippen LogP contribution in [-0.4, -0.2) is 32.2 Å². The first-order valence-electron chi connectivity index (χ1n) is 4.93. The molecule has 0 fully saturated rings. The Morgan fingerprint density at radius 2 is 2.35 bits per heavy atom. The van der Waals surface area contributed by atoms with Crippen LogP contribution in [0, 0.1) is 10.1 Å². The molecule has 0 radical (unpaired) electrons. The topological polar surface area (TPSA) is 85.1 Å². The third-order valence-electron chi connectivity index (χ3n) is 1.98. The highest BCUT2D eigenvalue weighted by Crippen LogP contribution is 2.24. The summed E-state index contributed by atoms with van der Waals surface area (Å²) in [5.41, 5.74) is -0.0699. The largest absolute Gasteiger partial charge is 0.368 e. The molecule has 1 unspecified atom stereocenters. The normalized spacial score (nSPS) is 12.1. The summed E-state index contributed by atoms with van der Waals surface area (Å²) in [7, 11) is -0.833. The molecule has 1 heterocycles. The average Bonchev–Trinajstić information content (AvgIpc) is 2.30. The van der Waals surface area contributed by atoms with Crippen LogP contribution in [0.25, 0.3) is 0 Å². The lowest BCUT2D eigenvalue weighted by atomic mass is 10.4. The molecule has 0 aromatic carbocycles. The van der Waals surface area contributed by atoms with Crippen molar-refractivity contribution in [1.82, 2.24) is 4.98 Å².